The number of hydrogen-bond donors (Lipinski definition) is 1. The number of hydrogen-bond acceptors (Lipinski definition) is 2. The fourth-order valence-electron chi connectivity index (χ4n) is 2.25. The molecule has 0 aromatic heterocycles. The summed E-state index contributed by atoms with van der Waals surface area (Å²) in [6.07, 6.45) is -1.36. The minimum absolute atomic E-state index is 0.306. The number of nitrogens with one attached hydrogen (secondary N) is 1. The maximum absolute atomic E-state index is 12.9. The molecule has 1 N–H and O–H groups in total. The summed E-state index contributed by atoms with van der Waals surface area (Å²) < 4.78 is 50.1. The number of nitrogens with zero attached hydrogens (tertiary/aromatic N) is 1. The lowest BCUT2D eigenvalue weighted by Crippen LogP contribution is -2.51. The molecule has 1 amide bonds. The van der Waals surface area contributed by atoms with Crippen molar-refractivity contribution >= 4 is 5.91 Å². The highest BCUT2D eigenvalue weighted by molar-refractivity contribution is 5.84. The Morgan fingerprint density at radius 3 is 2.17 bits per heavy atom. The SMILES string of the molecule is CNC1CCC(N(C)C(=O)C(F)(F)C(F)F)CC1. The van der Waals surface area contributed by atoms with Crippen LogP contribution in [-0.2, 0) is 4.79 Å². The van der Waals surface area contributed by atoms with Crippen molar-refractivity contribution in [1.29, 1.82) is 0 Å². The highest BCUT2D eigenvalue weighted by Crippen LogP contribution is 2.29. The monoisotopic (exact) mass is 270 g/mol. The van der Waals surface area contributed by atoms with Crippen LogP contribution in [-0.4, -0.2) is 49.3 Å². The van der Waals surface area contributed by atoms with Crippen LogP contribution in [0.3, 0.4) is 0 Å². The molecule has 7 heteroatoms. The van der Waals surface area contributed by atoms with Crippen molar-refractivity contribution in [2.45, 2.75) is 50.1 Å². The van der Waals surface area contributed by atoms with E-state index in [1.165, 1.54) is 7.05 Å². The Kier molecular flexibility index (Phi) is 4.95. The molecule has 1 fully saturated rings. The first kappa shape index (κ1) is 15.2. The van der Waals surface area contributed by atoms with Crippen LogP contribution < -0.4 is 5.32 Å². The van der Waals surface area contributed by atoms with Gasteiger partial charge >= 0.3 is 12.3 Å². The second kappa shape index (κ2) is 5.86. The number of amides is 1. The Morgan fingerprint density at radius 1 is 1.28 bits per heavy atom. The van der Waals surface area contributed by atoms with Gasteiger partial charge in [0, 0.05) is 19.1 Å². The number of carbonyl (C=O) groups excluding carboxylic acids is 1. The third-order valence-electron chi connectivity index (χ3n) is 3.53. The molecule has 0 atom stereocenters. The zero-order valence-electron chi connectivity index (χ0n) is 10.4. The van der Waals surface area contributed by atoms with Gasteiger partial charge in [0.25, 0.3) is 5.91 Å². The number of halogens is 4. The lowest BCUT2D eigenvalue weighted by atomic mass is 9.90. The van der Waals surface area contributed by atoms with Crippen LogP contribution in [0.5, 0.6) is 0 Å². The topological polar surface area (TPSA) is 32.3 Å². The molecule has 18 heavy (non-hydrogen) atoms. The van der Waals surface area contributed by atoms with Crippen LogP contribution in [0.1, 0.15) is 25.7 Å². The molecule has 1 aliphatic rings. The van der Waals surface area contributed by atoms with Gasteiger partial charge < -0.3 is 10.2 Å². The van der Waals surface area contributed by atoms with Crippen molar-refractivity contribution in [3.05, 3.63) is 0 Å². The molecule has 0 heterocycles. The first-order chi connectivity index (χ1) is 8.30. The summed E-state index contributed by atoms with van der Waals surface area (Å²) in [5.41, 5.74) is 0. The Morgan fingerprint density at radius 2 is 1.78 bits per heavy atom. The smallest absolute Gasteiger partial charge is 0.337 e. The molecule has 0 aliphatic heterocycles. The van der Waals surface area contributed by atoms with Gasteiger partial charge in [-0.3, -0.25) is 4.79 Å². The molecular weight excluding hydrogens is 252 g/mol. The molecule has 0 spiro atoms. The fourth-order valence-corrected chi connectivity index (χ4v) is 2.25. The summed E-state index contributed by atoms with van der Waals surface area (Å²) >= 11 is 0. The Balaban J connectivity index is 2.60. The second-order valence-electron chi connectivity index (χ2n) is 4.63. The van der Waals surface area contributed by atoms with Gasteiger partial charge in [0.05, 0.1) is 0 Å². The van der Waals surface area contributed by atoms with E-state index in [-0.39, 0.29) is 6.04 Å². The maximum atomic E-state index is 12.9. The van der Waals surface area contributed by atoms with Gasteiger partial charge in [0.1, 0.15) is 0 Å². The highest BCUT2D eigenvalue weighted by Gasteiger charge is 2.51. The van der Waals surface area contributed by atoms with E-state index in [9.17, 15) is 22.4 Å². The van der Waals surface area contributed by atoms with Crippen molar-refractivity contribution in [3.8, 4) is 0 Å². The lowest BCUT2D eigenvalue weighted by Gasteiger charge is -2.35. The summed E-state index contributed by atoms with van der Waals surface area (Å²) in [6.45, 7) is 0. The van der Waals surface area contributed by atoms with Crippen LogP contribution >= 0.6 is 0 Å². The second-order valence-corrected chi connectivity index (χ2v) is 4.63. The number of rotatable bonds is 4. The minimum atomic E-state index is -4.59. The van der Waals surface area contributed by atoms with E-state index in [2.05, 4.69) is 5.32 Å². The zero-order chi connectivity index (χ0) is 13.9. The average Bonchev–Trinajstić information content (AvgIpc) is 2.36. The van der Waals surface area contributed by atoms with E-state index in [0.717, 1.165) is 17.7 Å². The predicted molar refractivity (Wildman–Crippen MR) is 58.8 cm³/mol. The van der Waals surface area contributed by atoms with Gasteiger partial charge in [-0.2, -0.15) is 8.78 Å². The van der Waals surface area contributed by atoms with Crippen molar-refractivity contribution in [2.75, 3.05) is 14.1 Å². The van der Waals surface area contributed by atoms with Crippen molar-refractivity contribution in [1.82, 2.24) is 10.2 Å². The quantitative estimate of drug-likeness (QED) is 0.791. The van der Waals surface area contributed by atoms with Gasteiger partial charge in [0.2, 0.25) is 0 Å². The average molecular weight is 270 g/mol. The first-order valence-corrected chi connectivity index (χ1v) is 5.91. The summed E-state index contributed by atoms with van der Waals surface area (Å²) in [5.74, 6) is -6.38. The molecule has 0 radical (unpaired) electrons. The van der Waals surface area contributed by atoms with Crippen LogP contribution in [0.2, 0.25) is 0 Å². The van der Waals surface area contributed by atoms with Crippen molar-refractivity contribution < 1.29 is 22.4 Å². The van der Waals surface area contributed by atoms with E-state index in [1.807, 2.05) is 7.05 Å². The van der Waals surface area contributed by atoms with E-state index in [0.29, 0.717) is 18.9 Å². The summed E-state index contributed by atoms with van der Waals surface area (Å²) in [6, 6.07) is -0.0768. The molecule has 1 aliphatic carbocycles. The van der Waals surface area contributed by atoms with E-state index in [4.69, 9.17) is 0 Å². The van der Waals surface area contributed by atoms with E-state index in [1.54, 1.807) is 0 Å². The Labute approximate surface area is 104 Å². The van der Waals surface area contributed by atoms with Crippen molar-refractivity contribution in [2.24, 2.45) is 0 Å². The molecule has 1 rings (SSSR count). The van der Waals surface area contributed by atoms with Crippen LogP contribution in [0, 0.1) is 0 Å². The van der Waals surface area contributed by atoms with Crippen LogP contribution in [0.25, 0.3) is 0 Å². The standard InChI is InChI=1S/C11H18F4N2O/c1-16-7-3-5-8(6-4-7)17(2)10(18)11(14,15)9(12)13/h7-9,16H,3-6H2,1-2H3. The van der Waals surface area contributed by atoms with Gasteiger partial charge in [0.15, 0.2) is 0 Å². The Bertz CT molecular complexity index is 291. The largest absolute Gasteiger partial charge is 0.383 e. The highest BCUT2D eigenvalue weighted by atomic mass is 19.3. The van der Waals surface area contributed by atoms with E-state index >= 15 is 0 Å². The molecule has 0 aromatic rings. The predicted octanol–water partition coefficient (Wildman–Crippen LogP) is 1.88. The fraction of sp³-hybridized carbons (Fsp3) is 0.909. The summed E-state index contributed by atoms with van der Waals surface area (Å²) in [7, 11) is 2.98. The summed E-state index contributed by atoms with van der Waals surface area (Å²) in [5, 5.41) is 3.07. The van der Waals surface area contributed by atoms with Crippen molar-refractivity contribution in [3.63, 3.8) is 0 Å². The Hall–Kier alpha value is -0.850. The van der Waals surface area contributed by atoms with E-state index < -0.39 is 18.3 Å². The van der Waals surface area contributed by atoms with Gasteiger partial charge in [-0.15, -0.1) is 0 Å². The maximum Gasteiger partial charge on any atom is 0.383 e. The molecule has 0 aromatic carbocycles. The molecule has 0 unspecified atom stereocenters. The molecule has 0 bridgehead atoms. The summed E-state index contributed by atoms with van der Waals surface area (Å²) in [4.78, 5) is 12.1. The van der Waals surface area contributed by atoms with Crippen LogP contribution in [0.15, 0.2) is 0 Å². The normalized spacial score (nSPS) is 25.3. The molecular formula is C11H18F4N2O. The first-order valence-electron chi connectivity index (χ1n) is 5.91. The van der Waals surface area contributed by atoms with Gasteiger partial charge in [-0.05, 0) is 32.7 Å². The molecule has 106 valence electrons. The number of carbonyl (C=O) groups is 1. The molecule has 3 nitrogen and oxygen atoms in total. The number of alkyl halides is 4. The molecule has 1 saturated carbocycles. The third-order valence-corrected chi connectivity index (χ3v) is 3.53. The minimum Gasteiger partial charge on any atom is -0.337 e. The van der Waals surface area contributed by atoms with Crippen LogP contribution in [0.4, 0.5) is 17.6 Å². The third kappa shape index (κ3) is 3.13. The molecule has 0 saturated heterocycles. The zero-order valence-corrected chi connectivity index (χ0v) is 10.4. The lowest BCUT2D eigenvalue weighted by molar-refractivity contribution is -0.181. The van der Waals surface area contributed by atoms with Gasteiger partial charge in [-0.1, -0.05) is 0 Å². The van der Waals surface area contributed by atoms with Gasteiger partial charge in [-0.25, -0.2) is 8.78 Å².